The SMILES string of the molecule is COc1cccc(-c2ccccc2N(C(=O)O)C2CN3CCC2CC3)c1. The molecule has 0 aliphatic carbocycles. The van der Waals surface area contributed by atoms with Gasteiger partial charge in [0, 0.05) is 12.1 Å². The van der Waals surface area contributed by atoms with E-state index < -0.39 is 6.09 Å². The number of hydrogen-bond acceptors (Lipinski definition) is 3. The van der Waals surface area contributed by atoms with Crippen LogP contribution in [-0.2, 0) is 0 Å². The lowest BCUT2D eigenvalue weighted by Crippen LogP contribution is -2.58. The van der Waals surface area contributed by atoms with Gasteiger partial charge in [0.25, 0.3) is 0 Å². The average Bonchev–Trinajstić information content (AvgIpc) is 2.69. The van der Waals surface area contributed by atoms with Gasteiger partial charge in [0.15, 0.2) is 0 Å². The van der Waals surface area contributed by atoms with Gasteiger partial charge in [-0.05, 0) is 55.6 Å². The zero-order chi connectivity index (χ0) is 18.1. The highest BCUT2D eigenvalue weighted by molar-refractivity contribution is 5.93. The fraction of sp³-hybridized carbons (Fsp3) is 0.381. The first kappa shape index (κ1) is 16.9. The van der Waals surface area contributed by atoms with Crippen LogP contribution in [0.4, 0.5) is 10.5 Å². The molecule has 0 saturated carbocycles. The molecule has 5 heteroatoms. The second-order valence-electron chi connectivity index (χ2n) is 7.11. The van der Waals surface area contributed by atoms with Crippen molar-refractivity contribution < 1.29 is 14.6 Å². The number of fused-ring (bicyclic) bond motifs is 3. The molecule has 5 rings (SSSR count). The van der Waals surface area contributed by atoms with E-state index >= 15 is 0 Å². The van der Waals surface area contributed by atoms with Crippen LogP contribution in [0.5, 0.6) is 5.75 Å². The summed E-state index contributed by atoms with van der Waals surface area (Å²) in [6.45, 7) is 3.00. The average molecular weight is 352 g/mol. The summed E-state index contributed by atoms with van der Waals surface area (Å²) in [6.07, 6.45) is 1.28. The van der Waals surface area contributed by atoms with Crippen molar-refractivity contribution in [3.63, 3.8) is 0 Å². The van der Waals surface area contributed by atoms with Gasteiger partial charge in [-0.1, -0.05) is 30.3 Å². The third-order valence-electron chi connectivity index (χ3n) is 5.70. The van der Waals surface area contributed by atoms with Crippen LogP contribution in [-0.4, -0.2) is 48.9 Å². The highest BCUT2D eigenvalue weighted by Gasteiger charge is 2.40. The van der Waals surface area contributed by atoms with Crippen molar-refractivity contribution in [2.45, 2.75) is 18.9 Å². The molecular weight excluding hydrogens is 328 g/mol. The van der Waals surface area contributed by atoms with Gasteiger partial charge in [-0.2, -0.15) is 0 Å². The maximum atomic E-state index is 12.3. The van der Waals surface area contributed by atoms with Gasteiger partial charge in [0.1, 0.15) is 5.75 Å². The summed E-state index contributed by atoms with van der Waals surface area (Å²) in [5.74, 6) is 1.21. The van der Waals surface area contributed by atoms with Crippen molar-refractivity contribution in [2.24, 2.45) is 5.92 Å². The van der Waals surface area contributed by atoms with E-state index in [1.165, 1.54) is 0 Å². The van der Waals surface area contributed by atoms with E-state index in [4.69, 9.17) is 4.74 Å². The van der Waals surface area contributed by atoms with Crippen molar-refractivity contribution in [1.29, 1.82) is 0 Å². The lowest BCUT2D eigenvalue weighted by Gasteiger charge is -2.48. The summed E-state index contributed by atoms with van der Waals surface area (Å²) in [4.78, 5) is 16.3. The van der Waals surface area contributed by atoms with Crippen LogP contribution in [0.25, 0.3) is 11.1 Å². The summed E-state index contributed by atoms with van der Waals surface area (Å²) >= 11 is 0. The Kier molecular flexibility index (Phi) is 4.55. The molecule has 3 aliphatic rings. The minimum atomic E-state index is -0.876. The predicted octanol–water partition coefficient (Wildman–Crippen LogP) is 3.94. The van der Waals surface area contributed by atoms with Gasteiger partial charge >= 0.3 is 6.09 Å². The number of carboxylic acid groups (broad SMARTS) is 1. The van der Waals surface area contributed by atoms with Gasteiger partial charge in [0.2, 0.25) is 0 Å². The molecule has 1 atom stereocenters. The number of anilines is 1. The fourth-order valence-corrected chi connectivity index (χ4v) is 4.37. The molecule has 2 aromatic rings. The zero-order valence-corrected chi connectivity index (χ0v) is 15.0. The molecule has 3 aliphatic heterocycles. The van der Waals surface area contributed by atoms with Gasteiger partial charge in [-0.25, -0.2) is 4.79 Å². The molecule has 3 heterocycles. The normalized spacial score (nSPS) is 24.3. The Morgan fingerprint density at radius 2 is 1.92 bits per heavy atom. The Morgan fingerprint density at radius 3 is 2.58 bits per heavy atom. The molecule has 3 saturated heterocycles. The summed E-state index contributed by atoms with van der Waals surface area (Å²) in [5, 5.41) is 10.1. The predicted molar refractivity (Wildman–Crippen MR) is 102 cm³/mol. The Morgan fingerprint density at radius 1 is 1.15 bits per heavy atom. The van der Waals surface area contributed by atoms with E-state index in [2.05, 4.69) is 4.90 Å². The van der Waals surface area contributed by atoms with E-state index in [9.17, 15) is 9.90 Å². The first-order valence-corrected chi connectivity index (χ1v) is 9.15. The molecule has 0 radical (unpaired) electrons. The van der Waals surface area contributed by atoms with E-state index in [0.717, 1.165) is 55.0 Å². The number of hydrogen-bond donors (Lipinski definition) is 1. The summed E-state index contributed by atoms with van der Waals surface area (Å²) in [5.41, 5.74) is 2.64. The highest BCUT2D eigenvalue weighted by Crippen LogP contribution is 2.38. The quantitative estimate of drug-likeness (QED) is 0.905. The first-order chi connectivity index (χ1) is 12.7. The monoisotopic (exact) mass is 352 g/mol. The third-order valence-corrected chi connectivity index (χ3v) is 5.70. The number of piperidine rings is 3. The molecule has 0 aromatic heterocycles. The Balaban J connectivity index is 1.76. The Labute approximate surface area is 153 Å². The number of rotatable bonds is 4. The number of carbonyl (C=O) groups is 1. The van der Waals surface area contributed by atoms with E-state index in [0.29, 0.717) is 5.92 Å². The summed E-state index contributed by atoms with van der Waals surface area (Å²) < 4.78 is 5.34. The molecule has 0 spiro atoms. The molecule has 1 amide bonds. The maximum absolute atomic E-state index is 12.3. The molecule has 1 unspecified atom stereocenters. The van der Waals surface area contributed by atoms with Crippen molar-refractivity contribution in [1.82, 2.24) is 4.90 Å². The highest BCUT2D eigenvalue weighted by atomic mass is 16.5. The second-order valence-corrected chi connectivity index (χ2v) is 7.11. The topological polar surface area (TPSA) is 53.0 Å². The summed E-state index contributed by atoms with van der Waals surface area (Å²) in [7, 11) is 1.64. The standard InChI is InChI=1S/C21H24N2O3/c1-26-17-6-4-5-16(13-17)18-7-2-3-8-19(18)23(21(24)25)20-14-22-11-9-15(20)10-12-22/h2-8,13,15,20H,9-12,14H2,1H3,(H,24,25). The summed E-state index contributed by atoms with van der Waals surface area (Å²) in [6, 6.07) is 15.6. The van der Waals surface area contributed by atoms with Crippen molar-refractivity contribution >= 4 is 11.8 Å². The fourth-order valence-electron chi connectivity index (χ4n) is 4.37. The van der Waals surface area contributed by atoms with Gasteiger partial charge < -0.3 is 14.7 Å². The van der Waals surface area contributed by atoms with Crippen LogP contribution in [0.15, 0.2) is 48.5 Å². The smallest absolute Gasteiger partial charge is 0.412 e. The molecule has 5 nitrogen and oxygen atoms in total. The number of nitrogens with zero attached hydrogens (tertiary/aromatic N) is 2. The zero-order valence-electron chi connectivity index (χ0n) is 15.0. The molecule has 3 fully saturated rings. The van der Waals surface area contributed by atoms with Crippen LogP contribution in [0.1, 0.15) is 12.8 Å². The molecule has 136 valence electrons. The van der Waals surface area contributed by atoms with Crippen LogP contribution in [0.3, 0.4) is 0 Å². The minimum absolute atomic E-state index is 0.0155. The molecule has 1 N–H and O–H groups in total. The van der Waals surface area contributed by atoms with Crippen LogP contribution in [0, 0.1) is 5.92 Å². The second kappa shape index (κ2) is 7.00. The minimum Gasteiger partial charge on any atom is -0.497 e. The number of amides is 1. The lowest BCUT2D eigenvalue weighted by molar-refractivity contribution is 0.0838. The van der Waals surface area contributed by atoms with Gasteiger partial charge in [-0.3, -0.25) is 4.90 Å². The van der Waals surface area contributed by atoms with E-state index in [1.807, 2.05) is 48.5 Å². The van der Waals surface area contributed by atoms with Crippen molar-refractivity contribution in [3.05, 3.63) is 48.5 Å². The molecular formula is C21H24N2O3. The van der Waals surface area contributed by atoms with Crippen LogP contribution in [0.2, 0.25) is 0 Å². The molecule has 2 bridgehead atoms. The van der Waals surface area contributed by atoms with Crippen LogP contribution < -0.4 is 9.64 Å². The number of para-hydroxylation sites is 1. The first-order valence-electron chi connectivity index (χ1n) is 9.15. The third kappa shape index (κ3) is 3.03. The number of benzene rings is 2. The van der Waals surface area contributed by atoms with E-state index in [1.54, 1.807) is 12.0 Å². The van der Waals surface area contributed by atoms with Gasteiger partial charge in [0.05, 0.1) is 18.8 Å². The largest absolute Gasteiger partial charge is 0.497 e. The lowest BCUT2D eigenvalue weighted by atomic mass is 9.82. The number of methoxy groups -OCH3 is 1. The number of ether oxygens (including phenoxy) is 1. The molecule has 26 heavy (non-hydrogen) atoms. The van der Waals surface area contributed by atoms with Crippen LogP contribution >= 0.6 is 0 Å². The van der Waals surface area contributed by atoms with Gasteiger partial charge in [-0.15, -0.1) is 0 Å². The van der Waals surface area contributed by atoms with E-state index in [-0.39, 0.29) is 6.04 Å². The van der Waals surface area contributed by atoms with Crippen molar-refractivity contribution in [2.75, 3.05) is 31.6 Å². The molecule has 2 aromatic carbocycles. The Hall–Kier alpha value is -2.53. The van der Waals surface area contributed by atoms with Crippen molar-refractivity contribution in [3.8, 4) is 16.9 Å². The Bertz CT molecular complexity index is 799. The maximum Gasteiger partial charge on any atom is 0.412 e.